The summed E-state index contributed by atoms with van der Waals surface area (Å²) in [5.41, 5.74) is -0.0463. The Bertz CT molecular complexity index is 362. The molecule has 2 aliphatic heterocycles. The maximum atomic E-state index is 12.5. The zero-order valence-corrected chi connectivity index (χ0v) is 11.8. The third-order valence-corrected chi connectivity index (χ3v) is 4.13. The number of rotatable bonds is 2. The van der Waals surface area contributed by atoms with Gasteiger partial charge in [0.2, 0.25) is 0 Å². The summed E-state index contributed by atoms with van der Waals surface area (Å²) in [5.74, 6) is -0.805. The van der Waals surface area contributed by atoms with Crippen molar-refractivity contribution in [2.24, 2.45) is 0 Å². The van der Waals surface area contributed by atoms with Crippen LogP contribution in [0.25, 0.3) is 0 Å². The largest absolute Gasteiger partial charge is 0.480 e. The minimum atomic E-state index is -0.805. The molecular weight excluding hydrogens is 246 g/mol. The van der Waals surface area contributed by atoms with E-state index in [1.165, 1.54) is 0 Å². The van der Waals surface area contributed by atoms with Crippen LogP contribution in [0.2, 0.25) is 0 Å². The fourth-order valence-corrected chi connectivity index (χ4v) is 2.92. The molecule has 2 saturated heterocycles. The Morgan fingerprint density at radius 2 is 1.74 bits per heavy atom. The molecule has 0 aromatic carbocycles. The Labute approximate surface area is 114 Å². The predicted octanol–water partition coefficient (Wildman–Crippen LogP) is 0.683. The van der Waals surface area contributed by atoms with Crippen molar-refractivity contribution >= 4 is 12.0 Å². The number of carboxylic acids is 1. The van der Waals surface area contributed by atoms with Crippen molar-refractivity contribution in [3.8, 4) is 0 Å². The van der Waals surface area contributed by atoms with Crippen LogP contribution >= 0.6 is 0 Å². The Kier molecular flexibility index (Phi) is 3.99. The second kappa shape index (κ2) is 5.36. The van der Waals surface area contributed by atoms with Gasteiger partial charge >= 0.3 is 12.0 Å². The van der Waals surface area contributed by atoms with Gasteiger partial charge in [0.1, 0.15) is 0 Å². The number of likely N-dealkylation sites (tertiary alicyclic amines) is 1. The van der Waals surface area contributed by atoms with Gasteiger partial charge in [0.15, 0.2) is 0 Å². The highest BCUT2D eigenvalue weighted by Crippen LogP contribution is 2.29. The van der Waals surface area contributed by atoms with E-state index in [9.17, 15) is 9.59 Å². The molecule has 0 aromatic rings. The van der Waals surface area contributed by atoms with Crippen LogP contribution < -0.4 is 0 Å². The molecule has 0 radical (unpaired) electrons. The minimum absolute atomic E-state index is 0.0463. The molecule has 108 valence electrons. The van der Waals surface area contributed by atoms with Gasteiger partial charge in [-0.3, -0.25) is 9.69 Å². The van der Waals surface area contributed by atoms with Crippen molar-refractivity contribution in [2.45, 2.75) is 32.2 Å². The summed E-state index contributed by atoms with van der Waals surface area (Å²) >= 11 is 0. The molecule has 6 heteroatoms. The highest BCUT2D eigenvalue weighted by Gasteiger charge is 2.38. The van der Waals surface area contributed by atoms with Crippen molar-refractivity contribution in [3.63, 3.8) is 0 Å². The van der Waals surface area contributed by atoms with Crippen molar-refractivity contribution in [3.05, 3.63) is 0 Å². The number of urea groups is 1. The van der Waals surface area contributed by atoms with Crippen molar-refractivity contribution in [1.29, 1.82) is 0 Å². The number of aliphatic carboxylic acids is 1. The van der Waals surface area contributed by atoms with E-state index in [0.717, 1.165) is 19.4 Å². The van der Waals surface area contributed by atoms with E-state index in [2.05, 4.69) is 13.8 Å². The van der Waals surface area contributed by atoms with Gasteiger partial charge in [-0.25, -0.2) is 4.79 Å². The molecular formula is C13H23N3O3. The zero-order chi connectivity index (χ0) is 14.0. The third kappa shape index (κ3) is 3.18. The van der Waals surface area contributed by atoms with Gasteiger partial charge in [-0.15, -0.1) is 0 Å². The van der Waals surface area contributed by atoms with Crippen molar-refractivity contribution in [2.75, 3.05) is 39.3 Å². The number of nitrogens with zero attached hydrogens (tertiary/aromatic N) is 3. The van der Waals surface area contributed by atoms with E-state index in [-0.39, 0.29) is 18.1 Å². The average Bonchev–Trinajstić information content (AvgIpc) is 2.68. The highest BCUT2D eigenvalue weighted by atomic mass is 16.4. The smallest absolute Gasteiger partial charge is 0.320 e. The summed E-state index contributed by atoms with van der Waals surface area (Å²) in [6.45, 7) is 7.66. The number of hydrogen-bond acceptors (Lipinski definition) is 3. The first-order valence-corrected chi connectivity index (χ1v) is 6.91. The first kappa shape index (κ1) is 14.1. The fourth-order valence-electron chi connectivity index (χ4n) is 2.92. The van der Waals surface area contributed by atoms with Crippen LogP contribution in [0.15, 0.2) is 0 Å². The van der Waals surface area contributed by atoms with Crippen LogP contribution in [0.5, 0.6) is 0 Å². The second-order valence-electron chi connectivity index (χ2n) is 6.01. The Hall–Kier alpha value is -1.30. The molecule has 19 heavy (non-hydrogen) atoms. The first-order valence-electron chi connectivity index (χ1n) is 6.91. The van der Waals surface area contributed by atoms with Crippen LogP contribution in [0.4, 0.5) is 4.79 Å². The van der Waals surface area contributed by atoms with Gasteiger partial charge in [0.05, 0.1) is 6.54 Å². The Balaban J connectivity index is 1.87. The number of carbonyl (C=O) groups is 2. The van der Waals surface area contributed by atoms with E-state index in [1.807, 2.05) is 14.7 Å². The normalized spacial score (nSPS) is 23.7. The number of carboxylic acid groups (broad SMARTS) is 1. The molecule has 2 heterocycles. The van der Waals surface area contributed by atoms with Crippen molar-refractivity contribution in [1.82, 2.24) is 14.7 Å². The van der Waals surface area contributed by atoms with Crippen molar-refractivity contribution < 1.29 is 14.7 Å². The Morgan fingerprint density at radius 3 is 2.21 bits per heavy atom. The van der Waals surface area contributed by atoms with E-state index >= 15 is 0 Å². The lowest BCUT2D eigenvalue weighted by atomic mass is 10.0. The van der Waals surface area contributed by atoms with Crippen LogP contribution in [-0.2, 0) is 4.79 Å². The number of piperazine rings is 1. The summed E-state index contributed by atoms with van der Waals surface area (Å²) in [6.07, 6.45) is 2.12. The summed E-state index contributed by atoms with van der Waals surface area (Å²) in [5, 5.41) is 8.75. The third-order valence-electron chi connectivity index (χ3n) is 4.13. The van der Waals surface area contributed by atoms with Gasteiger partial charge in [-0.05, 0) is 26.7 Å². The maximum absolute atomic E-state index is 12.5. The first-order chi connectivity index (χ1) is 8.90. The average molecular weight is 269 g/mol. The molecule has 0 aliphatic carbocycles. The molecule has 1 N–H and O–H groups in total. The molecule has 2 aliphatic rings. The quantitative estimate of drug-likeness (QED) is 0.801. The molecule has 0 atom stereocenters. The summed E-state index contributed by atoms with van der Waals surface area (Å²) in [7, 11) is 0. The summed E-state index contributed by atoms with van der Waals surface area (Å²) in [4.78, 5) is 28.8. The SMILES string of the molecule is CC1(C)CCCN1C(=O)N1CCN(CC(=O)O)CC1. The molecule has 2 fully saturated rings. The van der Waals surface area contributed by atoms with Gasteiger partial charge in [-0.2, -0.15) is 0 Å². The topological polar surface area (TPSA) is 64.1 Å². The molecule has 0 unspecified atom stereocenters. The van der Waals surface area contributed by atoms with Gasteiger partial charge in [-0.1, -0.05) is 0 Å². The van der Waals surface area contributed by atoms with Gasteiger partial charge in [0, 0.05) is 38.3 Å². The number of hydrogen-bond donors (Lipinski definition) is 1. The molecule has 6 nitrogen and oxygen atoms in total. The van der Waals surface area contributed by atoms with Crippen LogP contribution in [-0.4, -0.2) is 76.6 Å². The molecule has 0 spiro atoms. The lowest BCUT2D eigenvalue weighted by Gasteiger charge is -2.40. The number of amides is 2. The lowest BCUT2D eigenvalue weighted by Crippen LogP contribution is -2.56. The molecule has 0 saturated carbocycles. The van der Waals surface area contributed by atoms with E-state index in [0.29, 0.717) is 26.2 Å². The summed E-state index contributed by atoms with van der Waals surface area (Å²) in [6, 6.07) is 0.109. The molecule has 0 aromatic heterocycles. The Morgan fingerprint density at radius 1 is 1.11 bits per heavy atom. The maximum Gasteiger partial charge on any atom is 0.320 e. The van der Waals surface area contributed by atoms with Crippen LogP contribution in [0, 0.1) is 0 Å². The monoisotopic (exact) mass is 269 g/mol. The van der Waals surface area contributed by atoms with E-state index < -0.39 is 5.97 Å². The highest BCUT2D eigenvalue weighted by molar-refractivity contribution is 5.76. The minimum Gasteiger partial charge on any atom is -0.480 e. The van der Waals surface area contributed by atoms with E-state index in [4.69, 9.17) is 5.11 Å². The van der Waals surface area contributed by atoms with Crippen LogP contribution in [0.1, 0.15) is 26.7 Å². The number of carbonyl (C=O) groups excluding carboxylic acids is 1. The molecule has 2 amide bonds. The standard InChI is InChI=1S/C13H23N3O3/c1-13(2)4-3-5-16(13)12(19)15-8-6-14(7-9-15)10-11(17)18/h3-10H2,1-2H3,(H,17,18). The predicted molar refractivity (Wildman–Crippen MR) is 71.1 cm³/mol. The lowest BCUT2D eigenvalue weighted by molar-refractivity contribution is -0.138. The van der Waals surface area contributed by atoms with E-state index in [1.54, 1.807) is 0 Å². The van der Waals surface area contributed by atoms with Gasteiger partial charge < -0.3 is 14.9 Å². The zero-order valence-electron chi connectivity index (χ0n) is 11.8. The molecule has 0 bridgehead atoms. The second-order valence-corrected chi connectivity index (χ2v) is 6.01. The van der Waals surface area contributed by atoms with Crippen LogP contribution in [0.3, 0.4) is 0 Å². The summed E-state index contributed by atoms with van der Waals surface area (Å²) < 4.78 is 0. The van der Waals surface area contributed by atoms with Gasteiger partial charge in [0.25, 0.3) is 0 Å². The fraction of sp³-hybridized carbons (Fsp3) is 0.846. The molecule has 2 rings (SSSR count).